The summed E-state index contributed by atoms with van der Waals surface area (Å²) in [6.07, 6.45) is 5.40. The lowest BCUT2D eigenvalue weighted by molar-refractivity contribution is -0.125. The predicted octanol–water partition coefficient (Wildman–Crippen LogP) is 4.88. The van der Waals surface area contributed by atoms with E-state index in [-0.39, 0.29) is 16.2 Å². The van der Waals surface area contributed by atoms with Crippen molar-refractivity contribution in [3.63, 3.8) is 0 Å². The third-order valence-electron chi connectivity index (χ3n) is 6.60. The number of carbonyl (C=O) groups is 1. The van der Waals surface area contributed by atoms with E-state index in [1.54, 1.807) is 0 Å². The molecule has 0 heterocycles. The van der Waals surface area contributed by atoms with Gasteiger partial charge in [-0.2, -0.15) is 0 Å². The summed E-state index contributed by atoms with van der Waals surface area (Å²) in [5, 5.41) is 0. The molecule has 0 aromatic heterocycles. The fourth-order valence-electron chi connectivity index (χ4n) is 4.73. The van der Waals surface area contributed by atoms with Crippen LogP contribution < -0.4 is 0 Å². The summed E-state index contributed by atoms with van der Waals surface area (Å²) in [5.74, 6) is 0.388. The van der Waals surface area contributed by atoms with E-state index in [2.05, 4.69) is 45.9 Å². The van der Waals surface area contributed by atoms with Crippen LogP contribution in [-0.4, -0.2) is 5.78 Å². The Hall–Kier alpha value is -1.37. The van der Waals surface area contributed by atoms with Gasteiger partial charge in [-0.3, -0.25) is 4.79 Å². The maximum atomic E-state index is 13.0. The van der Waals surface area contributed by atoms with Crippen molar-refractivity contribution in [1.82, 2.24) is 0 Å². The van der Waals surface area contributed by atoms with Crippen LogP contribution in [0.3, 0.4) is 0 Å². The summed E-state index contributed by atoms with van der Waals surface area (Å²) in [6, 6.07) is 10.3. The molecule has 1 aromatic carbocycles. The van der Waals surface area contributed by atoms with E-state index in [9.17, 15) is 4.79 Å². The number of Topliss-reactive ketones (excluding diaryl/α,β-unsaturated/α-hetero) is 1. The molecule has 0 N–H and O–H groups in total. The summed E-state index contributed by atoms with van der Waals surface area (Å²) >= 11 is 0. The molecule has 0 amide bonds. The number of allylic oxidation sites excluding steroid dienone is 1. The van der Waals surface area contributed by atoms with Gasteiger partial charge in [-0.05, 0) is 36.3 Å². The lowest BCUT2D eigenvalue weighted by atomic mass is 9.63. The Bertz CT molecular complexity index is 581. The van der Waals surface area contributed by atoms with Crippen LogP contribution in [0.25, 0.3) is 6.08 Å². The minimum Gasteiger partial charge on any atom is -0.294 e. The van der Waals surface area contributed by atoms with Gasteiger partial charge in [-0.1, -0.05) is 58.0 Å². The first-order valence-electron chi connectivity index (χ1n) is 7.71. The second-order valence-corrected chi connectivity index (χ2v) is 7.19. The Morgan fingerprint density at radius 2 is 1.75 bits per heavy atom. The van der Waals surface area contributed by atoms with Gasteiger partial charge in [0.1, 0.15) is 0 Å². The Kier molecular flexibility index (Phi) is 2.77. The SMILES string of the molecule is CCC12CCC(C)(C(=O)C1=Cc1ccccc1)C2(C)C. The molecule has 0 aliphatic heterocycles. The van der Waals surface area contributed by atoms with Crippen molar-refractivity contribution in [2.45, 2.75) is 47.0 Å². The molecule has 1 aromatic rings. The number of carbonyl (C=O) groups excluding carboxylic acids is 1. The zero-order valence-corrected chi connectivity index (χ0v) is 13.0. The van der Waals surface area contributed by atoms with Gasteiger partial charge in [0.2, 0.25) is 0 Å². The second kappa shape index (κ2) is 4.07. The maximum Gasteiger partial charge on any atom is 0.165 e. The first-order chi connectivity index (χ1) is 9.39. The maximum absolute atomic E-state index is 13.0. The van der Waals surface area contributed by atoms with Gasteiger partial charge < -0.3 is 0 Å². The quantitative estimate of drug-likeness (QED) is 0.699. The lowest BCUT2D eigenvalue weighted by Gasteiger charge is -2.39. The number of fused-ring (bicyclic) bond motifs is 2. The highest BCUT2D eigenvalue weighted by Gasteiger charge is 2.71. The van der Waals surface area contributed by atoms with Crippen LogP contribution in [0, 0.1) is 16.2 Å². The molecule has 0 saturated heterocycles. The van der Waals surface area contributed by atoms with Crippen LogP contribution in [0.5, 0.6) is 0 Å². The van der Waals surface area contributed by atoms with E-state index < -0.39 is 0 Å². The monoisotopic (exact) mass is 268 g/mol. The Labute approximate surface area is 122 Å². The van der Waals surface area contributed by atoms with Crippen molar-refractivity contribution in [3.8, 4) is 0 Å². The number of hydrogen-bond donors (Lipinski definition) is 0. The van der Waals surface area contributed by atoms with E-state index in [0.29, 0.717) is 5.78 Å². The molecule has 2 saturated carbocycles. The largest absolute Gasteiger partial charge is 0.294 e. The first-order valence-corrected chi connectivity index (χ1v) is 7.71. The lowest BCUT2D eigenvalue weighted by Crippen LogP contribution is -2.35. The molecule has 0 radical (unpaired) electrons. The van der Waals surface area contributed by atoms with E-state index in [1.807, 2.05) is 18.2 Å². The normalized spacial score (nSPS) is 36.8. The molecule has 2 unspecified atom stereocenters. The predicted molar refractivity (Wildman–Crippen MR) is 83.3 cm³/mol. The summed E-state index contributed by atoms with van der Waals surface area (Å²) in [7, 11) is 0. The summed E-state index contributed by atoms with van der Waals surface area (Å²) in [5.41, 5.74) is 2.17. The van der Waals surface area contributed by atoms with Gasteiger partial charge in [0.05, 0.1) is 0 Å². The fourth-order valence-corrected chi connectivity index (χ4v) is 4.73. The van der Waals surface area contributed by atoms with Crippen LogP contribution in [0.15, 0.2) is 35.9 Å². The van der Waals surface area contributed by atoms with E-state index >= 15 is 0 Å². The van der Waals surface area contributed by atoms with Crippen molar-refractivity contribution in [1.29, 1.82) is 0 Å². The smallest absolute Gasteiger partial charge is 0.165 e. The summed E-state index contributed by atoms with van der Waals surface area (Å²) in [4.78, 5) is 13.0. The highest BCUT2D eigenvalue weighted by atomic mass is 16.1. The Morgan fingerprint density at radius 3 is 2.35 bits per heavy atom. The van der Waals surface area contributed by atoms with Crippen molar-refractivity contribution in [3.05, 3.63) is 41.5 Å². The Morgan fingerprint density at radius 1 is 1.10 bits per heavy atom. The van der Waals surface area contributed by atoms with E-state index in [4.69, 9.17) is 0 Å². The van der Waals surface area contributed by atoms with Crippen LogP contribution in [0.2, 0.25) is 0 Å². The third kappa shape index (κ3) is 1.36. The van der Waals surface area contributed by atoms with Crippen LogP contribution in [0.4, 0.5) is 0 Å². The fraction of sp³-hybridized carbons (Fsp3) is 0.526. The Balaban J connectivity index is 2.18. The van der Waals surface area contributed by atoms with E-state index in [1.165, 1.54) is 0 Å². The molecule has 2 aliphatic rings. The number of benzene rings is 1. The van der Waals surface area contributed by atoms with Gasteiger partial charge in [-0.15, -0.1) is 0 Å². The molecule has 2 bridgehead atoms. The summed E-state index contributed by atoms with van der Waals surface area (Å²) in [6.45, 7) is 9.02. The van der Waals surface area contributed by atoms with Crippen molar-refractivity contribution < 1.29 is 4.79 Å². The van der Waals surface area contributed by atoms with Crippen molar-refractivity contribution in [2.75, 3.05) is 0 Å². The topological polar surface area (TPSA) is 17.1 Å². The average molecular weight is 268 g/mol. The van der Waals surface area contributed by atoms with Gasteiger partial charge >= 0.3 is 0 Å². The van der Waals surface area contributed by atoms with Gasteiger partial charge in [-0.25, -0.2) is 0 Å². The van der Waals surface area contributed by atoms with Crippen LogP contribution in [-0.2, 0) is 4.79 Å². The van der Waals surface area contributed by atoms with Crippen molar-refractivity contribution in [2.24, 2.45) is 16.2 Å². The molecular weight excluding hydrogens is 244 g/mol. The van der Waals surface area contributed by atoms with Gasteiger partial charge in [0, 0.05) is 16.4 Å². The molecule has 1 heteroatoms. The van der Waals surface area contributed by atoms with Crippen LogP contribution >= 0.6 is 0 Å². The van der Waals surface area contributed by atoms with Gasteiger partial charge in [0.15, 0.2) is 5.78 Å². The highest BCUT2D eigenvalue weighted by Crippen LogP contribution is 2.73. The highest BCUT2D eigenvalue weighted by molar-refractivity contribution is 6.09. The minimum atomic E-state index is -0.177. The molecule has 0 spiro atoms. The molecule has 106 valence electrons. The molecular formula is C19H24O. The molecule has 2 aliphatic carbocycles. The molecule has 2 fully saturated rings. The number of ketones is 1. The second-order valence-electron chi connectivity index (χ2n) is 7.19. The average Bonchev–Trinajstić information content (AvgIpc) is 2.71. The first kappa shape index (κ1) is 13.6. The van der Waals surface area contributed by atoms with E-state index in [0.717, 1.165) is 30.4 Å². The molecule has 20 heavy (non-hydrogen) atoms. The van der Waals surface area contributed by atoms with Gasteiger partial charge in [0.25, 0.3) is 0 Å². The third-order valence-corrected chi connectivity index (χ3v) is 6.60. The summed E-state index contributed by atoms with van der Waals surface area (Å²) < 4.78 is 0. The minimum absolute atomic E-state index is 0.0620. The zero-order valence-electron chi connectivity index (χ0n) is 13.0. The van der Waals surface area contributed by atoms with Crippen LogP contribution in [0.1, 0.15) is 52.5 Å². The number of hydrogen-bond acceptors (Lipinski definition) is 1. The van der Waals surface area contributed by atoms with Crippen molar-refractivity contribution >= 4 is 11.9 Å². The molecule has 3 rings (SSSR count). The molecule has 1 nitrogen and oxygen atoms in total. The number of rotatable bonds is 2. The zero-order chi connectivity index (χ0) is 14.6. The molecule has 2 atom stereocenters. The standard InChI is InChI=1S/C19H24O/c1-5-19-12-11-18(4,17(19,2)3)16(20)15(19)13-14-9-7-6-8-10-14/h6-10,13H,5,11-12H2,1-4H3.